The van der Waals surface area contributed by atoms with Crippen molar-refractivity contribution in [3.05, 3.63) is 0 Å². The highest BCUT2D eigenvalue weighted by Crippen LogP contribution is 1.61. The summed E-state index contributed by atoms with van der Waals surface area (Å²) in [6.45, 7) is 5.48. The van der Waals surface area contributed by atoms with Crippen LogP contribution in [0.4, 0.5) is 0 Å². The summed E-state index contributed by atoms with van der Waals surface area (Å²) < 4.78 is 0. The van der Waals surface area contributed by atoms with Gasteiger partial charge in [-0.2, -0.15) is 0 Å². The normalized spacial score (nSPS) is 5.56. The lowest BCUT2D eigenvalue weighted by atomic mass is 10.8. The molecule has 2 heteroatoms. The highest BCUT2D eigenvalue weighted by Gasteiger charge is 1.57. The highest BCUT2D eigenvalue weighted by atomic mass is 14.8. The minimum atomic E-state index is 0. The lowest BCUT2D eigenvalue weighted by molar-refractivity contribution is 1.10. The second kappa shape index (κ2) is 15.7. The molecule has 0 unspecified atom stereocenters. The Labute approximate surface area is 58.7 Å². The molecule has 0 aliphatic rings. The fraction of sp³-hybridized carbons (Fsp3) is 0.857. The van der Waals surface area contributed by atoms with Crippen LogP contribution in [-0.2, 0) is 0 Å². The van der Waals surface area contributed by atoms with Crippen molar-refractivity contribution in [3.63, 3.8) is 0 Å². The fourth-order valence-corrected chi connectivity index (χ4v) is 0.191. The zero-order valence-electron chi connectivity index (χ0n) is 4.81. The molecular weight excluding hydrogens is 112 g/mol. The van der Waals surface area contributed by atoms with Crippen molar-refractivity contribution in [1.82, 2.24) is 0 Å². The minimum Gasteiger partial charge on any atom is -0.226 e. The lowest BCUT2D eigenvalue weighted by Crippen LogP contribution is -1.66. The van der Waals surface area contributed by atoms with E-state index in [1.807, 2.05) is 13.8 Å². The zero-order chi connectivity index (χ0) is 5.54. The monoisotopic (exact) mass is 130 g/mol. The van der Waals surface area contributed by atoms with Crippen molar-refractivity contribution in [3.8, 4) is 0 Å². The lowest BCUT2D eigenvalue weighted by Gasteiger charge is -1.68. The van der Waals surface area contributed by atoms with Crippen LogP contribution in [0.2, 0.25) is 0 Å². The predicted octanol–water partition coefficient (Wildman–Crippen LogP) is 2.47. The van der Waals surface area contributed by atoms with Crippen molar-refractivity contribution in [1.29, 1.82) is 0 Å². The average Bonchev–Trinajstić information content (AvgIpc) is 1.69. The van der Waals surface area contributed by atoms with Crippen LogP contribution in [0.3, 0.4) is 0 Å². The van der Waals surface area contributed by atoms with E-state index >= 15 is 0 Å². The van der Waals surface area contributed by atoms with E-state index in [0.717, 1.165) is 13.1 Å². The molecule has 0 heterocycles. The number of aliphatic imine (C=N–C) groups is 2. The minimum absolute atomic E-state index is 0. The Morgan fingerprint density at radius 1 is 1.00 bits per heavy atom. The molecule has 0 rings (SSSR count). The Balaban J connectivity index is -0.000000180. The van der Waals surface area contributed by atoms with Crippen LogP contribution in [0.5, 0.6) is 0 Å². The Hall–Kier alpha value is -0.620. The van der Waals surface area contributed by atoms with Gasteiger partial charge in [0.1, 0.15) is 0 Å². The topological polar surface area (TPSA) is 24.7 Å². The van der Waals surface area contributed by atoms with Crippen LogP contribution < -0.4 is 0 Å². The van der Waals surface area contributed by atoms with E-state index in [4.69, 9.17) is 0 Å². The van der Waals surface area contributed by atoms with E-state index in [-0.39, 0.29) is 14.9 Å². The molecule has 0 spiro atoms. The van der Waals surface area contributed by atoms with Crippen LogP contribution in [0, 0.1) is 0 Å². The first-order chi connectivity index (χ1) is 3.41. The molecule has 0 saturated carbocycles. The molecule has 0 radical (unpaired) electrons. The third-order valence-corrected chi connectivity index (χ3v) is 0.458. The molecule has 0 saturated heterocycles. The maximum atomic E-state index is 3.74. The van der Waals surface area contributed by atoms with Crippen LogP contribution >= 0.6 is 0 Å². The second-order valence-electron chi connectivity index (χ2n) is 1.05. The number of hydrogen-bond acceptors (Lipinski definition) is 2. The van der Waals surface area contributed by atoms with Gasteiger partial charge in [-0.05, 0) is 13.8 Å². The molecule has 0 amide bonds. The van der Waals surface area contributed by atoms with Gasteiger partial charge in [0.15, 0.2) is 0 Å². The average molecular weight is 130 g/mol. The van der Waals surface area contributed by atoms with Crippen molar-refractivity contribution in [2.45, 2.75) is 28.7 Å². The summed E-state index contributed by atoms with van der Waals surface area (Å²) in [7, 11) is 0. The highest BCUT2D eigenvalue weighted by molar-refractivity contribution is 5.40. The SMILES string of the molecule is C.C.CCN=C=NCC. The molecule has 0 N–H and O–H groups in total. The largest absolute Gasteiger partial charge is 0.226 e. The molecule has 0 aliphatic carbocycles. The molecule has 0 bridgehead atoms. The molecule has 0 atom stereocenters. The van der Waals surface area contributed by atoms with Gasteiger partial charge in [-0.15, -0.1) is 0 Å². The van der Waals surface area contributed by atoms with Gasteiger partial charge >= 0.3 is 0 Å². The summed E-state index contributed by atoms with van der Waals surface area (Å²) in [6.07, 6.45) is 0. The molecule has 0 aromatic heterocycles. The summed E-state index contributed by atoms with van der Waals surface area (Å²) >= 11 is 0. The number of nitrogens with zero attached hydrogens (tertiary/aromatic N) is 2. The predicted molar refractivity (Wildman–Crippen MR) is 44.4 cm³/mol. The quantitative estimate of drug-likeness (QED) is 0.513. The number of rotatable bonds is 2. The molecule has 0 fully saturated rings. The molecule has 9 heavy (non-hydrogen) atoms. The molecule has 0 aliphatic heterocycles. The van der Waals surface area contributed by atoms with Gasteiger partial charge in [0.2, 0.25) is 0 Å². The van der Waals surface area contributed by atoms with Crippen molar-refractivity contribution < 1.29 is 0 Å². The summed E-state index contributed by atoms with van der Waals surface area (Å²) in [6, 6.07) is 2.53. The van der Waals surface area contributed by atoms with E-state index in [2.05, 4.69) is 16.0 Å². The van der Waals surface area contributed by atoms with Crippen molar-refractivity contribution >= 4 is 6.01 Å². The Kier molecular flexibility index (Phi) is 27.4. The maximum Gasteiger partial charge on any atom is 0.0892 e. The summed E-state index contributed by atoms with van der Waals surface area (Å²) in [5.74, 6) is 0. The first-order valence-electron chi connectivity index (χ1n) is 2.49. The third kappa shape index (κ3) is 18.7. The maximum absolute atomic E-state index is 3.74. The Morgan fingerprint density at radius 3 is 1.56 bits per heavy atom. The zero-order valence-corrected chi connectivity index (χ0v) is 4.81. The first-order valence-corrected chi connectivity index (χ1v) is 2.49. The van der Waals surface area contributed by atoms with E-state index in [0.29, 0.717) is 0 Å². The van der Waals surface area contributed by atoms with Gasteiger partial charge in [0.25, 0.3) is 0 Å². The molecular formula is C7H18N2. The second-order valence-corrected chi connectivity index (χ2v) is 1.05. The van der Waals surface area contributed by atoms with Crippen LogP contribution in [0.15, 0.2) is 9.98 Å². The van der Waals surface area contributed by atoms with E-state index in [1.165, 1.54) is 0 Å². The van der Waals surface area contributed by atoms with Crippen LogP contribution in [0.25, 0.3) is 0 Å². The fourth-order valence-electron chi connectivity index (χ4n) is 0.191. The van der Waals surface area contributed by atoms with Gasteiger partial charge in [-0.25, -0.2) is 9.98 Å². The standard InChI is InChI=1S/C5H10N2.2CH4/c1-3-6-5-7-4-2;;/h3-4H2,1-2H3;2*1H4. The molecule has 2 nitrogen and oxygen atoms in total. The smallest absolute Gasteiger partial charge is 0.0892 e. The molecule has 0 aromatic rings. The van der Waals surface area contributed by atoms with Gasteiger partial charge in [-0.1, -0.05) is 14.9 Å². The molecule has 56 valence electrons. The van der Waals surface area contributed by atoms with Crippen LogP contribution in [-0.4, -0.2) is 19.1 Å². The van der Waals surface area contributed by atoms with E-state index in [9.17, 15) is 0 Å². The Bertz CT molecular complexity index is 72.9. The van der Waals surface area contributed by atoms with E-state index in [1.54, 1.807) is 0 Å². The summed E-state index contributed by atoms with van der Waals surface area (Å²) in [5.41, 5.74) is 0. The first kappa shape index (κ1) is 15.8. The van der Waals surface area contributed by atoms with Crippen LogP contribution in [0.1, 0.15) is 28.7 Å². The van der Waals surface area contributed by atoms with Gasteiger partial charge in [0.05, 0.1) is 6.01 Å². The third-order valence-electron chi connectivity index (χ3n) is 0.458. The van der Waals surface area contributed by atoms with Gasteiger partial charge < -0.3 is 0 Å². The summed E-state index contributed by atoms with van der Waals surface area (Å²) in [5, 5.41) is 0. The van der Waals surface area contributed by atoms with Gasteiger partial charge in [-0.3, -0.25) is 0 Å². The van der Waals surface area contributed by atoms with Crippen molar-refractivity contribution in [2.24, 2.45) is 9.98 Å². The Morgan fingerprint density at radius 2 is 1.33 bits per heavy atom. The summed E-state index contributed by atoms with van der Waals surface area (Å²) in [4.78, 5) is 7.49. The van der Waals surface area contributed by atoms with E-state index < -0.39 is 0 Å². The van der Waals surface area contributed by atoms with Gasteiger partial charge in [0, 0.05) is 13.1 Å². The molecule has 0 aromatic carbocycles. The van der Waals surface area contributed by atoms with Crippen molar-refractivity contribution in [2.75, 3.05) is 13.1 Å². The number of hydrogen-bond donors (Lipinski definition) is 0.